The second kappa shape index (κ2) is 6.31. The zero-order valence-electron chi connectivity index (χ0n) is 14.9. The largest absolute Gasteiger partial charge is 0.330 e. The Kier molecular flexibility index (Phi) is 3.95. The summed E-state index contributed by atoms with van der Waals surface area (Å²) < 4.78 is 0. The predicted molar refractivity (Wildman–Crippen MR) is 95.2 cm³/mol. The first-order chi connectivity index (χ1) is 12.3. The molecule has 0 unspecified atom stereocenters. The molecule has 1 saturated heterocycles. The number of carbonyl (C=O) groups is 1. The van der Waals surface area contributed by atoms with Gasteiger partial charge in [-0.3, -0.25) is 10.00 Å². The summed E-state index contributed by atoms with van der Waals surface area (Å²) in [4.78, 5) is 17.4. The lowest BCUT2D eigenvalue weighted by molar-refractivity contribution is 0.0817. The molecule has 5 rings (SSSR count). The van der Waals surface area contributed by atoms with Gasteiger partial charge >= 0.3 is 6.03 Å². The molecule has 3 aliphatic carbocycles. The summed E-state index contributed by atoms with van der Waals surface area (Å²) in [5.74, 6) is 1.93. The van der Waals surface area contributed by atoms with E-state index in [2.05, 4.69) is 20.4 Å². The van der Waals surface area contributed by atoms with Gasteiger partial charge < -0.3 is 10.2 Å². The minimum absolute atomic E-state index is 0.0973. The number of aryl methyl sites for hydroxylation is 1. The molecule has 6 nitrogen and oxygen atoms in total. The average Bonchev–Trinajstić information content (AvgIpc) is 3.38. The van der Waals surface area contributed by atoms with Crippen molar-refractivity contribution in [2.75, 3.05) is 26.2 Å². The maximum Gasteiger partial charge on any atom is 0.318 e. The highest BCUT2D eigenvalue weighted by Gasteiger charge is 2.43. The van der Waals surface area contributed by atoms with Crippen LogP contribution in [-0.4, -0.2) is 58.2 Å². The fraction of sp³-hybridized carbons (Fsp3) is 0.789. The number of aromatic nitrogens is 2. The van der Waals surface area contributed by atoms with Crippen molar-refractivity contribution < 1.29 is 4.79 Å². The third-order valence-electron chi connectivity index (χ3n) is 7.11. The van der Waals surface area contributed by atoms with Crippen molar-refractivity contribution in [1.82, 2.24) is 25.3 Å². The second-order valence-corrected chi connectivity index (χ2v) is 8.47. The molecule has 136 valence electrons. The molecule has 1 aromatic heterocycles. The zero-order valence-corrected chi connectivity index (χ0v) is 14.9. The van der Waals surface area contributed by atoms with Crippen molar-refractivity contribution in [3.05, 3.63) is 17.5 Å². The number of fused-ring (bicyclic) bond motifs is 3. The Morgan fingerprint density at radius 1 is 1.16 bits per heavy atom. The average molecular weight is 343 g/mol. The van der Waals surface area contributed by atoms with Crippen molar-refractivity contribution in [3.8, 4) is 0 Å². The number of nitrogens with one attached hydrogen (secondary N) is 2. The number of hydrogen-bond donors (Lipinski definition) is 2. The first-order valence-electron chi connectivity index (χ1n) is 10.1. The van der Waals surface area contributed by atoms with Gasteiger partial charge in [0.25, 0.3) is 0 Å². The van der Waals surface area contributed by atoms with Crippen LogP contribution in [0.15, 0.2) is 6.20 Å². The molecule has 6 heteroatoms. The van der Waals surface area contributed by atoms with E-state index in [1.165, 1.54) is 31.2 Å². The summed E-state index contributed by atoms with van der Waals surface area (Å²) in [6, 6.07) is 0.997. The summed E-state index contributed by atoms with van der Waals surface area (Å²) in [7, 11) is 0. The van der Waals surface area contributed by atoms with Crippen LogP contribution >= 0.6 is 0 Å². The third kappa shape index (κ3) is 2.84. The maximum atomic E-state index is 12.7. The van der Waals surface area contributed by atoms with E-state index in [4.69, 9.17) is 0 Å². The number of aromatic amines is 1. The van der Waals surface area contributed by atoms with Crippen LogP contribution in [-0.2, 0) is 6.42 Å². The highest BCUT2D eigenvalue weighted by molar-refractivity contribution is 5.75. The fourth-order valence-corrected chi connectivity index (χ4v) is 5.76. The Balaban J connectivity index is 1.16. The molecule has 2 N–H and O–H groups in total. The number of carbonyl (C=O) groups excluding carboxylic acids is 1. The van der Waals surface area contributed by atoms with Gasteiger partial charge in [-0.25, -0.2) is 4.79 Å². The van der Waals surface area contributed by atoms with Gasteiger partial charge in [0.2, 0.25) is 0 Å². The normalized spacial score (nSPS) is 35.0. The summed E-state index contributed by atoms with van der Waals surface area (Å²) in [6.07, 6.45) is 10.9. The molecular weight excluding hydrogens is 314 g/mol. The van der Waals surface area contributed by atoms with Gasteiger partial charge in [-0.2, -0.15) is 5.10 Å². The lowest BCUT2D eigenvalue weighted by Crippen LogP contribution is -2.55. The van der Waals surface area contributed by atoms with E-state index in [9.17, 15) is 4.79 Å². The molecule has 2 amide bonds. The van der Waals surface area contributed by atoms with Crippen molar-refractivity contribution in [1.29, 1.82) is 0 Å². The van der Waals surface area contributed by atoms with Gasteiger partial charge in [-0.05, 0) is 55.9 Å². The van der Waals surface area contributed by atoms with Gasteiger partial charge in [-0.1, -0.05) is 6.42 Å². The van der Waals surface area contributed by atoms with Crippen molar-refractivity contribution in [2.24, 2.45) is 11.8 Å². The number of urea groups is 1. The Morgan fingerprint density at radius 3 is 2.80 bits per heavy atom. The number of piperazine rings is 1. The zero-order chi connectivity index (χ0) is 16.8. The minimum atomic E-state index is 0.0973. The number of hydrogen-bond acceptors (Lipinski definition) is 3. The number of amides is 2. The number of H-pyrrole nitrogens is 1. The summed E-state index contributed by atoms with van der Waals surface area (Å²) in [5.41, 5.74) is 2.37. The monoisotopic (exact) mass is 343 g/mol. The Hall–Kier alpha value is -1.56. The van der Waals surface area contributed by atoms with E-state index in [1.807, 2.05) is 11.1 Å². The van der Waals surface area contributed by atoms with E-state index in [1.54, 1.807) is 0 Å². The Labute approximate surface area is 149 Å². The van der Waals surface area contributed by atoms with Gasteiger partial charge in [0.05, 0.1) is 17.9 Å². The first kappa shape index (κ1) is 15.7. The first-order valence-corrected chi connectivity index (χ1v) is 10.1. The van der Waals surface area contributed by atoms with Crippen LogP contribution in [0.3, 0.4) is 0 Å². The van der Waals surface area contributed by atoms with E-state index in [0.29, 0.717) is 0 Å². The van der Waals surface area contributed by atoms with Crippen LogP contribution in [0.1, 0.15) is 55.8 Å². The maximum absolute atomic E-state index is 12.7. The standard InChI is InChI=1S/C19H29N5O/c25-19(21-16-3-1-2-15-12-20-22-18(15)16)24-8-6-23(7-9-24)17-11-13-4-5-14(17)10-13/h12-14,16-17H,1-11H2,(H,20,22)(H,21,25)/t13-,14-,16-,17-/m0/s1. The molecule has 25 heavy (non-hydrogen) atoms. The van der Waals surface area contributed by atoms with Crippen LogP contribution < -0.4 is 5.32 Å². The van der Waals surface area contributed by atoms with Crippen LogP contribution in [0.25, 0.3) is 0 Å². The highest BCUT2D eigenvalue weighted by Crippen LogP contribution is 2.46. The molecule has 0 aromatic carbocycles. The van der Waals surface area contributed by atoms with E-state index in [-0.39, 0.29) is 12.1 Å². The molecule has 3 fully saturated rings. The summed E-state index contributed by atoms with van der Waals surface area (Å²) in [5, 5.41) is 10.5. The van der Waals surface area contributed by atoms with Crippen LogP contribution in [0, 0.1) is 11.8 Å². The minimum Gasteiger partial charge on any atom is -0.330 e. The van der Waals surface area contributed by atoms with Gasteiger partial charge in [0.1, 0.15) is 0 Å². The molecule has 2 saturated carbocycles. The van der Waals surface area contributed by atoms with Crippen molar-refractivity contribution in [2.45, 2.75) is 57.0 Å². The number of rotatable bonds is 2. The van der Waals surface area contributed by atoms with Gasteiger partial charge in [-0.15, -0.1) is 0 Å². The predicted octanol–water partition coefficient (Wildman–Crippen LogP) is 2.30. The summed E-state index contributed by atoms with van der Waals surface area (Å²) in [6.45, 7) is 3.81. The molecule has 0 radical (unpaired) electrons. The lowest BCUT2D eigenvalue weighted by atomic mass is 9.93. The van der Waals surface area contributed by atoms with Crippen molar-refractivity contribution >= 4 is 6.03 Å². The second-order valence-electron chi connectivity index (χ2n) is 8.47. The van der Waals surface area contributed by atoms with Crippen molar-refractivity contribution in [3.63, 3.8) is 0 Å². The lowest BCUT2D eigenvalue weighted by Gasteiger charge is -2.41. The number of nitrogens with zero attached hydrogens (tertiary/aromatic N) is 3. The van der Waals surface area contributed by atoms with Crippen LogP contribution in [0.4, 0.5) is 4.79 Å². The molecule has 4 aliphatic rings. The van der Waals surface area contributed by atoms with Gasteiger partial charge in [0.15, 0.2) is 0 Å². The Morgan fingerprint density at radius 2 is 2.04 bits per heavy atom. The molecule has 4 atom stereocenters. The fourth-order valence-electron chi connectivity index (χ4n) is 5.76. The highest BCUT2D eigenvalue weighted by atomic mass is 16.2. The molecule has 1 aliphatic heterocycles. The smallest absolute Gasteiger partial charge is 0.318 e. The van der Waals surface area contributed by atoms with E-state index in [0.717, 1.165) is 69.0 Å². The van der Waals surface area contributed by atoms with E-state index < -0.39 is 0 Å². The summed E-state index contributed by atoms with van der Waals surface area (Å²) >= 11 is 0. The topological polar surface area (TPSA) is 64.3 Å². The van der Waals surface area contributed by atoms with Crippen LogP contribution in [0.2, 0.25) is 0 Å². The van der Waals surface area contributed by atoms with Gasteiger partial charge in [0, 0.05) is 32.2 Å². The molecule has 0 spiro atoms. The molecule has 2 heterocycles. The van der Waals surface area contributed by atoms with E-state index >= 15 is 0 Å². The Bertz CT molecular complexity index is 636. The molecule has 2 bridgehead atoms. The van der Waals surface area contributed by atoms with Crippen LogP contribution in [0.5, 0.6) is 0 Å². The molecular formula is C19H29N5O. The quantitative estimate of drug-likeness (QED) is 0.866. The third-order valence-corrected chi connectivity index (χ3v) is 7.11. The molecule has 1 aromatic rings. The SMILES string of the molecule is O=C(N[C@H]1CCCc2cn[nH]c21)N1CCN([C@H]2C[C@H]3CC[C@H]2C3)CC1.